The van der Waals surface area contributed by atoms with Gasteiger partial charge in [-0.15, -0.1) is 23.1 Å². The Morgan fingerprint density at radius 2 is 1.92 bits per heavy atom. The van der Waals surface area contributed by atoms with Crippen molar-refractivity contribution < 1.29 is 23.4 Å². The summed E-state index contributed by atoms with van der Waals surface area (Å²) in [5, 5.41) is 23.2. The molecule has 0 aliphatic carbocycles. The molecule has 26 heavy (non-hydrogen) atoms. The number of aromatic hydroxyl groups is 1. The first-order chi connectivity index (χ1) is 12.3. The largest absolute Gasteiger partial charge is 0.549 e. The maximum absolute atomic E-state index is 12.6. The molecule has 136 valence electrons. The molecule has 9 heteroatoms. The van der Waals surface area contributed by atoms with Crippen LogP contribution in [0.15, 0.2) is 56.9 Å². The molecule has 0 fully saturated rings. The second-order valence-electron chi connectivity index (χ2n) is 5.43. The number of carbonyl (C=O) groups excluding carboxylic acids is 1. The number of hydrogen-bond donors (Lipinski definition) is 2. The third kappa shape index (κ3) is 3.64. The highest BCUT2D eigenvalue weighted by Gasteiger charge is 2.20. The van der Waals surface area contributed by atoms with Crippen LogP contribution in [0.3, 0.4) is 0 Å². The van der Waals surface area contributed by atoms with Gasteiger partial charge in [-0.05, 0) is 24.4 Å². The average Bonchev–Trinajstić information content (AvgIpc) is 3.14. The lowest BCUT2D eigenvalue weighted by molar-refractivity contribution is -0.304. The lowest BCUT2D eigenvalue weighted by Gasteiger charge is -2.17. The molecule has 0 saturated heterocycles. The third-order valence-electron chi connectivity index (χ3n) is 3.62. The van der Waals surface area contributed by atoms with Crippen LogP contribution in [-0.4, -0.2) is 24.7 Å². The van der Waals surface area contributed by atoms with Gasteiger partial charge in [0.05, 0.1) is 16.6 Å². The number of sulfonamides is 1. The second-order valence-corrected chi connectivity index (χ2v) is 9.67. The Hall–Kier alpha value is -2.23. The Kier molecular flexibility index (Phi) is 5.12. The zero-order valence-electron chi connectivity index (χ0n) is 13.5. The predicted molar refractivity (Wildman–Crippen MR) is 101 cm³/mol. The number of rotatable bonds is 6. The maximum Gasteiger partial charge on any atom is 0.271 e. The standard InChI is InChI=1S/C17H15NO5S3/c1-10(17(20)21)25-14-9-13(11-5-2-3-6-12(11)16(14)19)18-26(22,23)15-7-4-8-24-15/h2-10,18-19H,1H3,(H,20,21)/p-1/t10-/m1/s1. The summed E-state index contributed by atoms with van der Waals surface area (Å²) in [6.45, 7) is 1.43. The molecule has 2 N–H and O–H groups in total. The van der Waals surface area contributed by atoms with Gasteiger partial charge in [-0.3, -0.25) is 4.72 Å². The number of benzene rings is 2. The molecule has 0 aliphatic heterocycles. The third-order valence-corrected chi connectivity index (χ3v) is 7.50. The summed E-state index contributed by atoms with van der Waals surface area (Å²) in [7, 11) is -3.79. The summed E-state index contributed by atoms with van der Waals surface area (Å²) in [5.41, 5.74) is 0.264. The van der Waals surface area contributed by atoms with Crippen LogP contribution < -0.4 is 9.83 Å². The first-order valence-corrected chi connectivity index (χ1v) is 10.7. The van der Waals surface area contributed by atoms with E-state index < -0.39 is 21.2 Å². The van der Waals surface area contributed by atoms with E-state index in [0.29, 0.717) is 10.8 Å². The normalized spacial score (nSPS) is 12.8. The molecule has 3 aromatic rings. The van der Waals surface area contributed by atoms with Gasteiger partial charge in [-0.2, -0.15) is 0 Å². The van der Waals surface area contributed by atoms with Crippen LogP contribution in [0, 0.1) is 0 Å². The van der Waals surface area contributed by atoms with E-state index in [1.807, 2.05) is 0 Å². The average molecular weight is 409 g/mol. The molecule has 0 amide bonds. The zero-order chi connectivity index (χ0) is 18.9. The second kappa shape index (κ2) is 7.18. The highest BCUT2D eigenvalue weighted by atomic mass is 32.2. The molecule has 1 heterocycles. The van der Waals surface area contributed by atoms with E-state index in [0.717, 1.165) is 23.1 Å². The van der Waals surface area contributed by atoms with E-state index in [-0.39, 0.29) is 20.5 Å². The molecule has 6 nitrogen and oxygen atoms in total. The Bertz CT molecular complexity index is 1060. The maximum atomic E-state index is 12.6. The molecule has 1 aromatic heterocycles. The Labute approximate surface area is 158 Å². The van der Waals surface area contributed by atoms with Gasteiger partial charge in [-0.25, -0.2) is 8.42 Å². The fraction of sp³-hybridized carbons (Fsp3) is 0.118. The number of carboxylic acids is 1. The summed E-state index contributed by atoms with van der Waals surface area (Å²) < 4.78 is 27.8. The van der Waals surface area contributed by atoms with Gasteiger partial charge in [0.2, 0.25) is 0 Å². The molecule has 0 saturated carbocycles. The lowest BCUT2D eigenvalue weighted by Crippen LogP contribution is -2.31. The summed E-state index contributed by atoms with van der Waals surface area (Å²) >= 11 is 1.97. The number of fused-ring (bicyclic) bond motifs is 1. The minimum atomic E-state index is -3.79. The van der Waals surface area contributed by atoms with Crippen LogP contribution >= 0.6 is 23.1 Å². The lowest BCUT2D eigenvalue weighted by atomic mass is 10.1. The minimum absolute atomic E-state index is 0.0993. The molecular weight excluding hydrogens is 394 g/mol. The number of carboxylic acid groups (broad SMARTS) is 1. The molecule has 0 unspecified atom stereocenters. The number of thiophene rings is 1. The number of phenolic OH excluding ortho intramolecular Hbond substituents is 1. The van der Waals surface area contributed by atoms with Crippen molar-refractivity contribution in [3.63, 3.8) is 0 Å². The Morgan fingerprint density at radius 1 is 1.23 bits per heavy atom. The molecular formula is C17H14NO5S3-. The zero-order valence-corrected chi connectivity index (χ0v) is 16.0. The van der Waals surface area contributed by atoms with Crippen LogP contribution in [0.2, 0.25) is 0 Å². The highest BCUT2D eigenvalue weighted by molar-refractivity contribution is 8.00. The number of hydrogen-bond acceptors (Lipinski definition) is 7. The van der Waals surface area contributed by atoms with E-state index in [1.54, 1.807) is 35.7 Å². The molecule has 1 atom stereocenters. The van der Waals surface area contributed by atoms with Crippen molar-refractivity contribution in [1.29, 1.82) is 0 Å². The monoisotopic (exact) mass is 408 g/mol. The summed E-state index contributed by atoms with van der Waals surface area (Å²) in [5.74, 6) is -1.37. The first-order valence-electron chi connectivity index (χ1n) is 7.48. The molecule has 3 rings (SSSR count). The van der Waals surface area contributed by atoms with Crippen LogP contribution in [0.1, 0.15) is 6.92 Å². The van der Waals surface area contributed by atoms with Crippen LogP contribution in [-0.2, 0) is 14.8 Å². The molecule has 2 aromatic carbocycles. The molecule has 0 bridgehead atoms. The number of aliphatic carboxylic acids is 1. The van der Waals surface area contributed by atoms with Crippen molar-refractivity contribution in [3.8, 4) is 5.75 Å². The summed E-state index contributed by atoms with van der Waals surface area (Å²) in [6.07, 6.45) is 0. The van der Waals surface area contributed by atoms with Gasteiger partial charge < -0.3 is 15.0 Å². The van der Waals surface area contributed by atoms with Crippen molar-refractivity contribution in [1.82, 2.24) is 0 Å². The van der Waals surface area contributed by atoms with Gasteiger partial charge in [0.15, 0.2) is 0 Å². The van der Waals surface area contributed by atoms with Crippen LogP contribution in [0.4, 0.5) is 5.69 Å². The molecule has 0 spiro atoms. The number of anilines is 1. The Morgan fingerprint density at radius 3 is 2.54 bits per heavy atom. The van der Waals surface area contributed by atoms with E-state index in [4.69, 9.17) is 0 Å². The van der Waals surface area contributed by atoms with Gasteiger partial charge in [0.1, 0.15) is 9.96 Å². The number of carbonyl (C=O) groups is 1. The summed E-state index contributed by atoms with van der Waals surface area (Å²) in [6, 6.07) is 11.3. The molecule has 0 aliphatic rings. The number of thioether (sulfide) groups is 1. The van der Waals surface area contributed by atoms with Gasteiger partial charge >= 0.3 is 0 Å². The quantitative estimate of drug-likeness (QED) is 0.480. The van der Waals surface area contributed by atoms with Crippen molar-refractivity contribution in [2.75, 3.05) is 4.72 Å². The smallest absolute Gasteiger partial charge is 0.271 e. The van der Waals surface area contributed by atoms with Crippen molar-refractivity contribution in [2.24, 2.45) is 0 Å². The number of phenols is 1. The minimum Gasteiger partial charge on any atom is -0.549 e. The fourth-order valence-corrected chi connectivity index (χ4v) is 5.31. The van der Waals surface area contributed by atoms with Crippen molar-refractivity contribution in [3.05, 3.63) is 47.8 Å². The van der Waals surface area contributed by atoms with Gasteiger partial charge in [-0.1, -0.05) is 30.3 Å². The first kappa shape index (κ1) is 18.6. The van der Waals surface area contributed by atoms with Gasteiger partial charge in [0, 0.05) is 16.0 Å². The van der Waals surface area contributed by atoms with Crippen molar-refractivity contribution in [2.45, 2.75) is 21.3 Å². The summed E-state index contributed by atoms with van der Waals surface area (Å²) in [4.78, 5) is 11.3. The predicted octanol–water partition coefficient (Wildman–Crippen LogP) is 2.64. The van der Waals surface area contributed by atoms with Crippen LogP contribution in [0.5, 0.6) is 5.75 Å². The fourth-order valence-electron chi connectivity index (χ4n) is 2.36. The van der Waals surface area contributed by atoms with E-state index in [9.17, 15) is 23.4 Å². The van der Waals surface area contributed by atoms with Gasteiger partial charge in [0.25, 0.3) is 10.0 Å². The van der Waals surface area contributed by atoms with Crippen LogP contribution in [0.25, 0.3) is 10.8 Å². The highest BCUT2D eigenvalue weighted by Crippen LogP contribution is 2.41. The van der Waals surface area contributed by atoms with E-state index in [2.05, 4.69) is 4.72 Å². The topological polar surface area (TPSA) is 107 Å². The van der Waals surface area contributed by atoms with Crippen molar-refractivity contribution >= 4 is 55.6 Å². The number of nitrogens with one attached hydrogen (secondary N) is 1. The molecule has 0 radical (unpaired) electrons. The van der Waals surface area contributed by atoms with E-state index in [1.165, 1.54) is 19.1 Å². The Balaban J connectivity index is 2.12. The van der Waals surface area contributed by atoms with E-state index >= 15 is 0 Å². The SMILES string of the molecule is C[C@@H](Sc1cc(NS(=O)(=O)c2cccs2)c2ccccc2c1O)C(=O)[O-].